The Hall–Kier alpha value is -1.62. The molecule has 2 N–H and O–H groups in total. The number of nitrogens with two attached hydrogens (primary N) is 1. The Morgan fingerprint density at radius 2 is 1.92 bits per heavy atom. The highest BCUT2D eigenvalue weighted by molar-refractivity contribution is 5.87. The number of fused-ring (bicyclic) bond motifs is 1. The molecule has 0 amide bonds. The van der Waals surface area contributed by atoms with Gasteiger partial charge in [0.2, 0.25) is 0 Å². The summed E-state index contributed by atoms with van der Waals surface area (Å²) < 4.78 is 17.7. The van der Waals surface area contributed by atoms with Crippen molar-refractivity contribution in [2.45, 2.75) is 37.9 Å². The second-order valence-electron chi connectivity index (χ2n) is 7.21. The first-order chi connectivity index (χ1) is 12.3. The van der Waals surface area contributed by atoms with Gasteiger partial charge in [-0.1, -0.05) is 24.3 Å². The fourth-order valence-electron chi connectivity index (χ4n) is 3.41. The minimum Gasteiger partial charge on any atom is -0.493 e. The minimum absolute atomic E-state index is 0.0998. The summed E-state index contributed by atoms with van der Waals surface area (Å²) in [6, 6.07) is 12.9. The molecule has 1 aliphatic carbocycles. The van der Waals surface area contributed by atoms with Gasteiger partial charge in [0, 0.05) is 5.92 Å². The van der Waals surface area contributed by atoms with Crippen LogP contribution in [-0.2, 0) is 9.47 Å². The van der Waals surface area contributed by atoms with Gasteiger partial charge in [0.15, 0.2) is 6.29 Å². The number of rotatable bonds is 7. The van der Waals surface area contributed by atoms with E-state index in [1.54, 1.807) is 0 Å². The van der Waals surface area contributed by atoms with E-state index in [9.17, 15) is 0 Å². The monoisotopic (exact) mass is 341 g/mol. The molecule has 0 atom stereocenters. The molecule has 2 aliphatic rings. The summed E-state index contributed by atoms with van der Waals surface area (Å²) in [7, 11) is 0. The molecule has 25 heavy (non-hydrogen) atoms. The topological polar surface area (TPSA) is 53.7 Å². The van der Waals surface area contributed by atoms with Gasteiger partial charge >= 0.3 is 0 Å². The van der Waals surface area contributed by atoms with Crippen LogP contribution in [0.3, 0.4) is 0 Å². The van der Waals surface area contributed by atoms with E-state index in [4.69, 9.17) is 19.9 Å². The second-order valence-corrected chi connectivity index (χ2v) is 7.21. The molecule has 0 radical (unpaired) electrons. The zero-order valence-corrected chi connectivity index (χ0v) is 14.7. The molecule has 2 aromatic carbocycles. The first-order valence-corrected chi connectivity index (χ1v) is 9.42. The highest BCUT2D eigenvalue weighted by atomic mass is 16.7. The second kappa shape index (κ2) is 7.73. The van der Waals surface area contributed by atoms with Crippen molar-refractivity contribution in [1.29, 1.82) is 0 Å². The van der Waals surface area contributed by atoms with Crippen LogP contribution in [0.5, 0.6) is 5.75 Å². The molecule has 134 valence electrons. The third-order valence-corrected chi connectivity index (χ3v) is 5.12. The van der Waals surface area contributed by atoms with E-state index in [0.29, 0.717) is 19.8 Å². The molecule has 1 aliphatic heterocycles. The molecule has 2 aromatic rings. The summed E-state index contributed by atoms with van der Waals surface area (Å²) in [6.45, 7) is 2.93. The van der Waals surface area contributed by atoms with Crippen molar-refractivity contribution in [1.82, 2.24) is 0 Å². The summed E-state index contributed by atoms with van der Waals surface area (Å²) >= 11 is 0. The van der Waals surface area contributed by atoms with Gasteiger partial charge in [0.1, 0.15) is 5.75 Å². The van der Waals surface area contributed by atoms with Crippen molar-refractivity contribution >= 4 is 10.8 Å². The van der Waals surface area contributed by atoms with Gasteiger partial charge in [-0.05, 0) is 66.6 Å². The van der Waals surface area contributed by atoms with Crippen LogP contribution >= 0.6 is 0 Å². The first-order valence-electron chi connectivity index (χ1n) is 9.42. The number of benzene rings is 2. The third-order valence-electron chi connectivity index (χ3n) is 5.12. The van der Waals surface area contributed by atoms with Gasteiger partial charge in [0.25, 0.3) is 0 Å². The Kier molecular flexibility index (Phi) is 5.20. The largest absolute Gasteiger partial charge is 0.493 e. The Balaban J connectivity index is 1.46. The smallest absolute Gasteiger partial charge is 0.157 e. The van der Waals surface area contributed by atoms with E-state index in [1.165, 1.54) is 29.2 Å². The van der Waals surface area contributed by atoms with Crippen molar-refractivity contribution in [3.63, 3.8) is 0 Å². The van der Waals surface area contributed by atoms with E-state index in [2.05, 4.69) is 36.4 Å². The van der Waals surface area contributed by atoms with Gasteiger partial charge in [-0.15, -0.1) is 0 Å². The molecule has 1 saturated heterocycles. The zero-order valence-electron chi connectivity index (χ0n) is 14.7. The Morgan fingerprint density at radius 3 is 2.68 bits per heavy atom. The van der Waals surface area contributed by atoms with Crippen LogP contribution in [0.25, 0.3) is 10.8 Å². The lowest BCUT2D eigenvalue weighted by Gasteiger charge is -2.30. The van der Waals surface area contributed by atoms with E-state index in [-0.39, 0.29) is 12.2 Å². The van der Waals surface area contributed by atoms with Crippen molar-refractivity contribution in [3.05, 3.63) is 42.0 Å². The summed E-state index contributed by atoms with van der Waals surface area (Å²) in [5.41, 5.74) is 6.85. The zero-order chi connectivity index (χ0) is 17.1. The quantitative estimate of drug-likeness (QED) is 0.832. The van der Waals surface area contributed by atoms with E-state index in [0.717, 1.165) is 31.1 Å². The van der Waals surface area contributed by atoms with E-state index < -0.39 is 0 Å². The molecule has 0 bridgehead atoms. The maximum absolute atomic E-state index is 5.92. The Morgan fingerprint density at radius 1 is 1.08 bits per heavy atom. The maximum atomic E-state index is 5.92. The van der Waals surface area contributed by atoms with Gasteiger partial charge in [-0.2, -0.15) is 0 Å². The Bertz CT molecular complexity index is 705. The SMILES string of the molecule is NCCCC1OCC(c2cccc3cc(OCC4CC4)ccc23)CO1. The predicted octanol–water partition coefficient (Wildman–Crippen LogP) is 3.82. The average Bonchev–Trinajstić information content (AvgIpc) is 3.49. The third kappa shape index (κ3) is 4.14. The first kappa shape index (κ1) is 16.8. The van der Waals surface area contributed by atoms with Crippen LogP contribution in [-0.4, -0.2) is 32.7 Å². The number of hydrogen-bond donors (Lipinski definition) is 1. The van der Waals surface area contributed by atoms with Gasteiger partial charge < -0.3 is 19.9 Å². The maximum Gasteiger partial charge on any atom is 0.157 e. The van der Waals surface area contributed by atoms with Crippen molar-refractivity contribution in [3.8, 4) is 5.75 Å². The normalized spacial score (nSPS) is 23.7. The summed E-state index contributed by atoms with van der Waals surface area (Å²) in [5.74, 6) is 2.01. The van der Waals surface area contributed by atoms with Crippen molar-refractivity contribution < 1.29 is 14.2 Å². The lowest BCUT2D eigenvalue weighted by molar-refractivity contribution is -0.189. The summed E-state index contributed by atoms with van der Waals surface area (Å²) in [6.07, 6.45) is 4.34. The summed E-state index contributed by atoms with van der Waals surface area (Å²) in [4.78, 5) is 0. The lowest BCUT2D eigenvalue weighted by atomic mass is 9.94. The molecule has 0 aromatic heterocycles. The van der Waals surface area contributed by atoms with Crippen molar-refractivity contribution in [2.75, 3.05) is 26.4 Å². The fourth-order valence-corrected chi connectivity index (χ4v) is 3.41. The molecule has 2 fully saturated rings. The molecule has 1 saturated carbocycles. The predicted molar refractivity (Wildman–Crippen MR) is 98.9 cm³/mol. The highest BCUT2D eigenvalue weighted by Crippen LogP contribution is 2.33. The van der Waals surface area contributed by atoms with Crippen LogP contribution in [0.2, 0.25) is 0 Å². The van der Waals surface area contributed by atoms with Gasteiger partial charge in [0.05, 0.1) is 19.8 Å². The molecular weight excluding hydrogens is 314 g/mol. The van der Waals surface area contributed by atoms with Crippen LogP contribution < -0.4 is 10.5 Å². The van der Waals surface area contributed by atoms with E-state index >= 15 is 0 Å². The standard InChI is InChI=1S/C21H27NO3/c22-10-2-5-21-24-13-17(14-25-21)19-4-1-3-16-11-18(8-9-20(16)19)23-12-15-6-7-15/h1,3-4,8-9,11,15,17,21H,2,5-7,10,12-14,22H2. The molecule has 4 rings (SSSR count). The summed E-state index contributed by atoms with van der Waals surface area (Å²) in [5, 5.41) is 2.48. The minimum atomic E-state index is -0.0998. The van der Waals surface area contributed by atoms with Crippen LogP contribution in [0.15, 0.2) is 36.4 Å². The molecule has 0 spiro atoms. The van der Waals surface area contributed by atoms with Crippen molar-refractivity contribution in [2.24, 2.45) is 11.7 Å². The van der Waals surface area contributed by atoms with Gasteiger partial charge in [-0.25, -0.2) is 0 Å². The fraction of sp³-hybridized carbons (Fsp3) is 0.524. The molecule has 1 heterocycles. The van der Waals surface area contributed by atoms with Crippen LogP contribution in [0, 0.1) is 5.92 Å². The highest BCUT2D eigenvalue weighted by Gasteiger charge is 2.25. The molecular formula is C21H27NO3. The van der Waals surface area contributed by atoms with Crippen LogP contribution in [0.1, 0.15) is 37.2 Å². The molecule has 4 nitrogen and oxygen atoms in total. The lowest BCUT2D eigenvalue weighted by Crippen LogP contribution is -2.31. The Labute approximate surface area is 149 Å². The van der Waals surface area contributed by atoms with E-state index in [1.807, 2.05) is 0 Å². The average molecular weight is 341 g/mol. The molecule has 0 unspecified atom stereocenters. The van der Waals surface area contributed by atoms with Gasteiger partial charge in [-0.3, -0.25) is 0 Å². The van der Waals surface area contributed by atoms with Crippen LogP contribution in [0.4, 0.5) is 0 Å². The number of ether oxygens (including phenoxy) is 3. The molecule has 4 heteroatoms. The number of hydrogen-bond acceptors (Lipinski definition) is 4.